The molecule has 3 heteroatoms. The first-order valence-corrected chi connectivity index (χ1v) is 10.6. The van der Waals surface area contributed by atoms with Gasteiger partial charge >= 0.3 is 5.97 Å². The van der Waals surface area contributed by atoms with Crippen LogP contribution in [0.25, 0.3) is 0 Å². The summed E-state index contributed by atoms with van der Waals surface area (Å²) >= 11 is 0. The van der Waals surface area contributed by atoms with Gasteiger partial charge in [-0.1, -0.05) is 86.6 Å². The maximum atomic E-state index is 12.6. The maximum Gasteiger partial charge on any atom is 0.338 e. The summed E-state index contributed by atoms with van der Waals surface area (Å²) in [6.07, 6.45) is 0.929. The summed E-state index contributed by atoms with van der Waals surface area (Å²) in [6, 6.07) is 27.0. The average Bonchev–Trinajstić information content (AvgIpc) is 2.70. The molecule has 0 aromatic heterocycles. The highest BCUT2D eigenvalue weighted by Crippen LogP contribution is 2.36. The molecule has 0 fully saturated rings. The van der Waals surface area contributed by atoms with Crippen LogP contribution >= 0.6 is 7.92 Å². The third-order valence-electron chi connectivity index (χ3n) is 4.41. The largest absolute Gasteiger partial charge is 0.465 e. The molecule has 0 bridgehead atoms. The summed E-state index contributed by atoms with van der Waals surface area (Å²) in [7, 11) is 0.596. The Kier molecular flexibility index (Phi) is 6.42. The zero-order chi connectivity index (χ0) is 19.2. The van der Waals surface area contributed by atoms with Gasteiger partial charge in [0, 0.05) is 5.30 Å². The van der Waals surface area contributed by atoms with Crippen LogP contribution in [-0.4, -0.2) is 13.1 Å². The number of carbonyl (C=O) groups is 1. The van der Waals surface area contributed by atoms with Gasteiger partial charge in [-0.05, 0) is 42.5 Å². The van der Waals surface area contributed by atoms with Gasteiger partial charge in [0.2, 0.25) is 0 Å². The monoisotopic (exact) mass is 376 g/mol. The topological polar surface area (TPSA) is 26.3 Å². The molecule has 0 amide bonds. The highest BCUT2D eigenvalue weighted by Gasteiger charge is 2.26. The number of ether oxygens (including phenoxy) is 1. The zero-order valence-corrected chi connectivity index (χ0v) is 16.9. The van der Waals surface area contributed by atoms with Crippen molar-refractivity contribution in [1.29, 1.82) is 0 Å². The van der Waals surface area contributed by atoms with Crippen LogP contribution in [-0.2, 0) is 11.2 Å². The summed E-state index contributed by atoms with van der Waals surface area (Å²) in [5.41, 5.74) is 1.90. The van der Waals surface area contributed by atoms with E-state index in [0.717, 1.165) is 11.7 Å². The summed E-state index contributed by atoms with van der Waals surface area (Å²) in [5.74, 6) is 0.231. The van der Waals surface area contributed by atoms with Gasteiger partial charge in [-0.15, -0.1) is 0 Å². The van der Waals surface area contributed by atoms with Crippen molar-refractivity contribution >= 4 is 29.8 Å². The number of rotatable bonds is 6. The smallest absolute Gasteiger partial charge is 0.338 e. The van der Waals surface area contributed by atoms with Crippen molar-refractivity contribution in [3.63, 3.8) is 0 Å². The van der Waals surface area contributed by atoms with E-state index in [1.807, 2.05) is 24.3 Å². The lowest BCUT2D eigenvalue weighted by Gasteiger charge is -2.25. The van der Waals surface area contributed by atoms with Crippen LogP contribution < -0.4 is 15.9 Å². The van der Waals surface area contributed by atoms with E-state index in [-0.39, 0.29) is 5.97 Å². The van der Waals surface area contributed by atoms with Gasteiger partial charge in [-0.2, -0.15) is 0 Å². The molecular weight excluding hydrogens is 351 g/mol. The summed E-state index contributed by atoms with van der Waals surface area (Å²) in [5, 5.41) is 3.59. The van der Waals surface area contributed by atoms with E-state index in [4.69, 9.17) is 4.74 Å². The van der Waals surface area contributed by atoms with Crippen LogP contribution in [0.15, 0.2) is 78.9 Å². The number of benzene rings is 3. The van der Waals surface area contributed by atoms with Crippen LogP contribution in [0.3, 0.4) is 0 Å². The van der Waals surface area contributed by atoms with E-state index in [0.29, 0.717) is 11.5 Å². The first kappa shape index (κ1) is 19.3. The Morgan fingerprint density at radius 1 is 0.852 bits per heavy atom. The minimum atomic E-state index is -0.857. The molecule has 0 heterocycles. The third-order valence-corrected chi connectivity index (χ3v) is 7.01. The minimum Gasteiger partial charge on any atom is -0.465 e. The molecule has 0 aliphatic rings. The SMILES string of the molecule is COC(=O)c1cccc(CC(C)C)c1P(c1ccccc1)c1ccccc1. The molecular formula is C24H25O2P. The fraction of sp³-hybridized carbons (Fsp3) is 0.208. The second-order valence-corrected chi connectivity index (χ2v) is 9.06. The molecule has 0 atom stereocenters. The van der Waals surface area contributed by atoms with Crippen molar-refractivity contribution in [2.24, 2.45) is 5.92 Å². The number of methoxy groups -OCH3 is 1. The molecule has 0 saturated carbocycles. The van der Waals surface area contributed by atoms with Crippen molar-refractivity contribution in [2.75, 3.05) is 7.11 Å². The van der Waals surface area contributed by atoms with Crippen LogP contribution in [0, 0.1) is 5.92 Å². The summed E-state index contributed by atoms with van der Waals surface area (Å²) in [4.78, 5) is 12.6. The van der Waals surface area contributed by atoms with Gasteiger partial charge in [0.25, 0.3) is 0 Å². The van der Waals surface area contributed by atoms with Crippen LogP contribution in [0.5, 0.6) is 0 Å². The van der Waals surface area contributed by atoms with E-state index < -0.39 is 7.92 Å². The van der Waals surface area contributed by atoms with Gasteiger partial charge in [-0.3, -0.25) is 0 Å². The standard InChI is InChI=1S/C24H25O2P/c1-18(2)17-19-11-10-16-22(24(25)26-3)23(19)27(20-12-6-4-7-13-20)21-14-8-5-9-15-21/h4-16,18H,17H2,1-3H3. The second-order valence-electron chi connectivity index (χ2n) is 6.91. The Morgan fingerprint density at radius 3 is 1.89 bits per heavy atom. The number of esters is 1. The van der Waals surface area contributed by atoms with Crippen molar-refractivity contribution in [2.45, 2.75) is 20.3 Å². The molecule has 138 valence electrons. The molecule has 0 aliphatic carbocycles. The van der Waals surface area contributed by atoms with Crippen molar-refractivity contribution in [3.05, 3.63) is 90.0 Å². The number of hydrogen-bond donors (Lipinski definition) is 0. The molecule has 0 N–H and O–H groups in total. The number of hydrogen-bond acceptors (Lipinski definition) is 2. The Hall–Kier alpha value is -2.44. The van der Waals surface area contributed by atoms with E-state index in [9.17, 15) is 4.79 Å². The maximum absolute atomic E-state index is 12.6. The van der Waals surface area contributed by atoms with Gasteiger partial charge in [0.15, 0.2) is 0 Å². The number of carbonyl (C=O) groups excluding carboxylic acids is 1. The minimum absolute atomic E-state index is 0.269. The van der Waals surface area contributed by atoms with E-state index in [1.165, 1.54) is 23.3 Å². The van der Waals surface area contributed by atoms with Crippen molar-refractivity contribution in [3.8, 4) is 0 Å². The lowest BCUT2D eigenvalue weighted by atomic mass is 10.0. The normalized spacial score (nSPS) is 11.0. The summed E-state index contributed by atoms with van der Waals surface area (Å²) in [6.45, 7) is 4.42. The molecule has 3 aromatic rings. The molecule has 0 saturated heterocycles. The van der Waals surface area contributed by atoms with Crippen LogP contribution in [0.1, 0.15) is 29.8 Å². The van der Waals surface area contributed by atoms with Gasteiger partial charge in [0.1, 0.15) is 0 Å². The Morgan fingerprint density at radius 2 is 1.41 bits per heavy atom. The van der Waals surface area contributed by atoms with E-state index in [2.05, 4.69) is 68.4 Å². The van der Waals surface area contributed by atoms with Gasteiger partial charge in [0.05, 0.1) is 12.7 Å². The quantitative estimate of drug-likeness (QED) is 0.470. The molecule has 3 rings (SSSR count). The molecule has 0 unspecified atom stereocenters. The van der Waals surface area contributed by atoms with Gasteiger partial charge < -0.3 is 4.74 Å². The molecule has 0 aliphatic heterocycles. The van der Waals surface area contributed by atoms with Crippen molar-refractivity contribution < 1.29 is 9.53 Å². The molecule has 27 heavy (non-hydrogen) atoms. The average molecular weight is 376 g/mol. The molecule has 0 radical (unpaired) electrons. The van der Waals surface area contributed by atoms with Crippen LogP contribution in [0.4, 0.5) is 0 Å². The Bertz CT molecular complexity index is 849. The first-order chi connectivity index (χ1) is 13.1. The Labute approximate surface area is 163 Å². The fourth-order valence-corrected chi connectivity index (χ4v) is 5.91. The summed E-state index contributed by atoms with van der Waals surface area (Å²) < 4.78 is 5.13. The van der Waals surface area contributed by atoms with E-state index >= 15 is 0 Å². The highest BCUT2D eigenvalue weighted by atomic mass is 31.1. The molecule has 2 nitrogen and oxygen atoms in total. The van der Waals surface area contributed by atoms with Crippen molar-refractivity contribution in [1.82, 2.24) is 0 Å². The lowest BCUT2D eigenvalue weighted by molar-refractivity contribution is 0.0602. The predicted octanol–water partition coefficient (Wildman–Crippen LogP) is 4.43. The highest BCUT2D eigenvalue weighted by molar-refractivity contribution is 7.80. The Balaban J connectivity index is 2.29. The molecule has 0 spiro atoms. The van der Waals surface area contributed by atoms with Crippen LogP contribution in [0.2, 0.25) is 0 Å². The predicted molar refractivity (Wildman–Crippen MR) is 115 cm³/mol. The third kappa shape index (κ3) is 4.46. The fourth-order valence-electron chi connectivity index (χ4n) is 3.30. The second kappa shape index (κ2) is 8.97. The lowest BCUT2D eigenvalue weighted by Crippen LogP contribution is -2.29. The van der Waals surface area contributed by atoms with E-state index in [1.54, 1.807) is 0 Å². The zero-order valence-electron chi connectivity index (χ0n) is 16.1. The van der Waals surface area contributed by atoms with Gasteiger partial charge in [-0.25, -0.2) is 4.79 Å². The first-order valence-electron chi connectivity index (χ1n) is 9.22. The molecule has 3 aromatic carbocycles.